The summed E-state index contributed by atoms with van der Waals surface area (Å²) >= 11 is 1.10. The molecular formula is C13H21NO4S2. The Morgan fingerprint density at radius 3 is 2.60 bits per heavy atom. The van der Waals surface area contributed by atoms with Crippen LogP contribution in [0.1, 0.15) is 35.5 Å². The molecule has 5 nitrogen and oxygen atoms in total. The molecule has 0 spiro atoms. The van der Waals surface area contributed by atoms with Gasteiger partial charge in [-0.2, -0.15) is 0 Å². The molecule has 0 aliphatic carbocycles. The van der Waals surface area contributed by atoms with Crippen LogP contribution in [0.2, 0.25) is 0 Å². The Kier molecular flexibility index (Phi) is 5.73. The van der Waals surface area contributed by atoms with E-state index in [1.165, 1.54) is 11.4 Å². The van der Waals surface area contributed by atoms with Crippen LogP contribution in [0, 0.1) is 12.8 Å². The number of methoxy groups -OCH3 is 1. The first-order chi connectivity index (χ1) is 9.25. The van der Waals surface area contributed by atoms with Gasteiger partial charge in [-0.15, -0.1) is 11.3 Å². The number of sulfonamides is 1. The maximum atomic E-state index is 12.6. The summed E-state index contributed by atoms with van der Waals surface area (Å²) in [5.41, 5.74) is 0.575. The predicted octanol–water partition coefficient (Wildman–Crippen LogP) is 2.51. The second-order valence-corrected chi connectivity index (χ2v) is 7.73. The van der Waals surface area contributed by atoms with Crippen molar-refractivity contribution in [1.82, 2.24) is 4.31 Å². The molecule has 1 unspecified atom stereocenters. The Balaban J connectivity index is 3.22. The molecule has 0 aliphatic rings. The standard InChI is InChI=1S/C13H21NO4S2/c1-6-9(2)7-14(4)20(16,17)12-10(3)8-19-11(12)13(15)18-5/h8-9H,6-7H2,1-5H3. The molecule has 1 heterocycles. The molecule has 0 radical (unpaired) electrons. The molecule has 0 aliphatic heterocycles. The lowest BCUT2D eigenvalue weighted by atomic mass is 10.1. The summed E-state index contributed by atoms with van der Waals surface area (Å²) in [5.74, 6) is -0.353. The second-order valence-electron chi connectivity index (χ2n) is 4.87. The smallest absolute Gasteiger partial charge is 0.349 e. The van der Waals surface area contributed by atoms with Gasteiger partial charge in [-0.25, -0.2) is 17.5 Å². The molecule has 0 N–H and O–H groups in total. The minimum absolute atomic E-state index is 0.0696. The average molecular weight is 319 g/mol. The minimum atomic E-state index is -3.67. The first-order valence-corrected chi connectivity index (χ1v) is 8.70. The van der Waals surface area contributed by atoms with Crippen molar-refractivity contribution >= 4 is 27.3 Å². The van der Waals surface area contributed by atoms with Gasteiger partial charge in [0.15, 0.2) is 0 Å². The quantitative estimate of drug-likeness (QED) is 0.756. The summed E-state index contributed by atoms with van der Waals surface area (Å²) in [6.07, 6.45) is 0.895. The van der Waals surface area contributed by atoms with E-state index < -0.39 is 16.0 Å². The van der Waals surface area contributed by atoms with Gasteiger partial charge in [-0.3, -0.25) is 0 Å². The molecule has 20 heavy (non-hydrogen) atoms. The summed E-state index contributed by atoms with van der Waals surface area (Å²) in [6.45, 7) is 6.12. The maximum absolute atomic E-state index is 12.6. The number of hydrogen-bond acceptors (Lipinski definition) is 5. The SMILES string of the molecule is CCC(C)CN(C)S(=O)(=O)c1c(C)csc1C(=O)OC. The van der Waals surface area contributed by atoms with Crippen LogP contribution in [0.5, 0.6) is 0 Å². The largest absolute Gasteiger partial charge is 0.465 e. The van der Waals surface area contributed by atoms with Crippen molar-refractivity contribution in [3.8, 4) is 0 Å². The minimum Gasteiger partial charge on any atom is -0.465 e. The normalized spacial score (nSPS) is 13.5. The summed E-state index contributed by atoms with van der Waals surface area (Å²) in [4.78, 5) is 11.9. The summed E-state index contributed by atoms with van der Waals surface area (Å²) in [5, 5.41) is 1.66. The number of thiophene rings is 1. The van der Waals surface area contributed by atoms with Crippen molar-refractivity contribution in [1.29, 1.82) is 0 Å². The highest BCUT2D eigenvalue weighted by atomic mass is 32.2. The van der Waals surface area contributed by atoms with Gasteiger partial charge in [0.25, 0.3) is 0 Å². The summed E-state index contributed by atoms with van der Waals surface area (Å²) < 4.78 is 31.2. The molecule has 0 saturated heterocycles. The van der Waals surface area contributed by atoms with Crippen molar-refractivity contribution in [2.45, 2.75) is 32.1 Å². The fourth-order valence-electron chi connectivity index (χ4n) is 1.81. The average Bonchev–Trinajstić information content (AvgIpc) is 2.79. The van der Waals surface area contributed by atoms with Crippen LogP contribution >= 0.6 is 11.3 Å². The molecular weight excluding hydrogens is 298 g/mol. The number of hydrogen-bond donors (Lipinski definition) is 0. The Labute approximate surface area is 124 Å². The third-order valence-electron chi connectivity index (χ3n) is 3.22. The molecule has 1 rings (SSSR count). The third-order valence-corrected chi connectivity index (χ3v) is 6.44. The highest BCUT2D eigenvalue weighted by Crippen LogP contribution is 2.30. The van der Waals surface area contributed by atoms with Gasteiger partial charge in [-0.1, -0.05) is 20.3 Å². The zero-order chi connectivity index (χ0) is 15.5. The lowest BCUT2D eigenvalue weighted by Crippen LogP contribution is -2.32. The summed E-state index contributed by atoms with van der Waals surface area (Å²) in [7, 11) is -0.886. The van der Waals surface area contributed by atoms with Gasteiger partial charge in [0.05, 0.1) is 7.11 Å². The van der Waals surface area contributed by atoms with Gasteiger partial charge < -0.3 is 4.74 Å². The second kappa shape index (κ2) is 6.69. The van der Waals surface area contributed by atoms with E-state index in [9.17, 15) is 13.2 Å². The fraction of sp³-hybridized carbons (Fsp3) is 0.615. The lowest BCUT2D eigenvalue weighted by Gasteiger charge is -2.21. The van der Waals surface area contributed by atoms with Crippen molar-refractivity contribution in [3.63, 3.8) is 0 Å². The monoisotopic (exact) mass is 319 g/mol. The highest BCUT2D eigenvalue weighted by molar-refractivity contribution is 7.89. The van der Waals surface area contributed by atoms with Crippen LogP contribution in [0.15, 0.2) is 10.3 Å². The Morgan fingerprint density at radius 1 is 1.50 bits per heavy atom. The summed E-state index contributed by atoms with van der Waals surface area (Å²) in [6, 6.07) is 0. The van der Waals surface area contributed by atoms with E-state index in [0.29, 0.717) is 12.1 Å². The zero-order valence-corrected chi connectivity index (χ0v) is 14.1. The van der Waals surface area contributed by atoms with E-state index in [1.807, 2.05) is 13.8 Å². The van der Waals surface area contributed by atoms with Crippen LogP contribution < -0.4 is 0 Å². The number of nitrogens with zero attached hydrogens (tertiary/aromatic N) is 1. The van der Waals surface area contributed by atoms with E-state index in [1.54, 1.807) is 19.4 Å². The molecule has 1 aromatic heterocycles. The van der Waals surface area contributed by atoms with Gasteiger partial charge in [0.2, 0.25) is 10.0 Å². The van der Waals surface area contributed by atoms with E-state index in [2.05, 4.69) is 4.74 Å². The topological polar surface area (TPSA) is 63.7 Å². The Bertz CT molecular complexity index is 577. The highest BCUT2D eigenvalue weighted by Gasteiger charge is 2.31. The number of aryl methyl sites for hydroxylation is 1. The molecule has 0 bridgehead atoms. The lowest BCUT2D eigenvalue weighted by molar-refractivity contribution is 0.0602. The fourth-order valence-corrected chi connectivity index (χ4v) is 4.75. The number of carbonyl (C=O) groups is 1. The van der Waals surface area contributed by atoms with Crippen molar-refractivity contribution in [2.75, 3.05) is 20.7 Å². The number of esters is 1. The van der Waals surface area contributed by atoms with E-state index in [0.717, 1.165) is 17.8 Å². The van der Waals surface area contributed by atoms with Crippen molar-refractivity contribution < 1.29 is 17.9 Å². The van der Waals surface area contributed by atoms with E-state index in [-0.39, 0.29) is 15.7 Å². The number of ether oxygens (including phenoxy) is 1. The first kappa shape index (κ1) is 17.1. The molecule has 0 saturated carbocycles. The Hall–Kier alpha value is -0.920. The Morgan fingerprint density at radius 2 is 2.10 bits per heavy atom. The third kappa shape index (κ3) is 3.39. The van der Waals surface area contributed by atoms with Crippen LogP contribution in [0.4, 0.5) is 0 Å². The maximum Gasteiger partial charge on any atom is 0.349 e. The van der Waals surface area contributed by atoms with Crippen molar-refractivity contribution in [2.24, 2.45) is 5.92 Å². The van der Waals surface area contributed by atoms with Gasteiger partial charge >= 0.3 is 5.97 Å². The number of carbonyl (C=O) groups excluding carboxylic acids is 1. The number of rotatable bonds is 6. The predicted molar refractivity (Wildman–Crippen MR) is 79.7 cm³/mol. The first-order valence-electron chi connectivity index (χ1n) is 6.38. The van der Waals surface area contributed by atoms with Gasteiger partial charge in [0.1, 0.15) is 9.77 Å². The molecule has 0 fully saturated rings. The molecule has 0 amide bonds. The molecule has 0 aromatic carbocycles. The van der Waals surface area contributed by atoms with Crippen LogP contribution in [0.25, 0.3) is 0 Å². The van der Waals surface area contributed by atoms with E-state index >= 15 is 0 Å². The molecule has 1 atom stereocenters. The molecule has 114 valence electrons. The van der Waals surface area contributed by atoms with E-state index in [4.69, 9.17) is 0 Å². The van der Waals surface area contributed by atoms with Crippen LogP contribution in [-0.2, 0) is 14.8 Å². The van der Waals surface area contributed by atoms with Crippen LogP contribution in [0.3, 0.4) is 0 Å². The zero-order valence-electron chi connectivity index (χ0n) is 12.5. The van der Waals surface area contributed by atoms with Crippen LogP contribution in [-0.4, -0.2) is 39.4 Å². The van der Waals surface area contributed by atoms with Gasteiger partial charge in [-0.05, 0) is 23.8 Å². The molecule has 7 heteroatoms. The van der Waals surface area contributed by atoms with Crippen molar-refractivity contribution in [3.05, 3.63) is 15.8 Å². The van der Waals surface area contributed by atoms with Gasteiger partial charge in [0, 0.05) is 13.6 Å². The molecule has 1 aromatic rings.